The van der Waals surface area contributed by atoms with Crippen molar-refractivity contribution in [1.82, 2.24) is 5.32 Å². The molecule has 3 rings (SSSR count). The molecular formula is C15H20Cl2N2O6. The van der Waals surface area contributed by atoms with Crippen LogP contribution in [0.5, 0.6) is 5.75 Å². The van der Waals surface area contributed by atoms with Crippen LogP contribution in [0.25, 0.3) is 0 Å². The van der Waals surface area contributed by atoms with Crippen LogP contribution >= 0.6 is 24.0 Å². The summed E-state index contributed by atoms with van der Waals surface area (Å²) in [6.45, 7) is 1.93. The average molecular weight is 395 g/mol. The molecule has 25 heavy (non-hydrogen) atoms. The van der Waals surface area contributed by atoms with E-state index in [2.05, 4.69) is 10.2 Å². The predicted octanol–water partition coefficient (Wildman–Crippen LogP) is 1.86. The summed E-state index contributed by atoms with van der Waals surface area (Å²) in [5, 5.41) is 13.7. The fourth-order valence-corrected chi connectivity index (χ4v) is 3.05. The van der Waals surface area contributed by atoms with E-state index in [1.165, 1.54) is 0 Å². The van der Waals surface area contributed by atoms with Gasteiger partial charge in [-0.15, -0.1) is 22.5 Å². The Morgan fingerprint density at radius 1 is 1.24 bits per heavy atom. The molecule has 140 valence electrons. The van der Waals surface area contributed by atoms with Crippen LogP contribution in [-0.4, -0.2) is 55.8 Å². The first kappa shape index (κ1) is 20.0. The zero-order valence-electron chi connectivity index (χ0n) is 13.3. The maximum Gasteiger partial charge on any atom is 0.294 e. The van der Waals surface area contributed by atoms with Crippen LogP contribution in [0.4, 0.5) is 0 Å². The molecule has 4 atom stereocenters. The smallest absolute Gasteiger partial charge is 0.294 e. The zero-order valence-corrected chi connectivity index (χ0v) is 14.9. The lowest BCUT2D eigenvalue weighted by Gasteiger charge is -2.17. The second-order valence-corrected chi connectivity index (χ2v) is 6.12. The summed E-state index contributed by atoms with van der Waals surface area (Å²) in [6, 6.07) is 7.23. The van der Waals surface area contributed by atoms with E-state index in [1.54, 1.807) is 12.1 Å². The molecule has 2 heterocycles. The summed E-state index contributed by atoms with van der Waals surface area (Å²) in [5.41, 5.74) is 0. The molecule has 0 spiro atoms. The van der Waals surface area contributed by atoms with Gasteiger partial charge in [-0.05, 0) is 37.2 Å². The minimum Gasteiger partial charge on any atom is -0.494 e. The van der Waals surface area contributed by atoms with E-state index in [0.29, 0.717) is 18.2 Å². The second-order valence-electron chi connectivity index (χ2n) is 5.68. The monoisotopic (exact) mass is 394 g/mol. The number of rotatable bonds is 8. The lowest BCUT2D eigenvalue weighted by atomic mass is 10.1. The highest BCUT2D eigenvalue weighted by Gasteiger charge is 2.49. The van der Waals surface area contributed by atoms with Gasteiger partial charge >= 0.3 is 0 Å². The molecule has 0 saturated carbocycles. The van der Waals surface area contributed by atoms with Crippen LogP contribution in [0.3, 0.4) is 0 Å². The van der Waals surface area contributed by atoms with Crippen molar-refractivity contribution in [1.29, 1.82) is 0 Å². The Labute approximate surface area is 156 Å². The third-order valence-corrected chi connectivity index (χ3v) is 4.29. The molecule has 0 amide bonds. The van der Waals surface area contributed by atoms with Crippen molar-refractivity contribution in [3.8, 4) is 5.75 Å². The normalized spacial score (nSPS) is 27.4. The third kappa shape index (κ3) is 5.32. The molecule has 0 radical (unpaired) electrons. The molecular weight excluding hydrogens is 375 g/mol. The Hall–Kier alpha value is -1.32. The summed E-state index contributed by atoms with van der Waals surface area (Å²) >= 11 is 5.81. The van der Waals surface area contributed by atoms with Gasteiger partial charge in [-0.3, -0.25) is 0 Å². The number of hydrogen-bond donors (Lipinski definition) is 1. The van der Waals surface area contributed by atoms with Crippen molar-refractivity contribution in [3.05, 3.63) is 39.4 Å². The second kappa shape index (κ2) is 9.40. The summed E-state index contributed by atoms with van der Waals surface area (Å²) in [4.78, 5) is 15.0. The van der Waals surface area contributed by atoms with Gasteiger partial charge in [0.1, 0.15) is 18.0 Å². The summed E-state index contributed by atoms with van der Waals surface area (Å²) in [5.74, 6) is 0.780. The summed E-state index contributed by atoms with van der Waals surface area (Å²) < 4.78 is 16.8. The van der Waals surface area contributed by atoms with Crippen molar-refractivity contribution in [3.63, 3.8) is 0 Å². The number of benzene rings is 1. The van der Waals surface area contributed by atoms with Crippen molar-refractivity contribution in [2.75, 3.05) is 26.4 Å². The molecule has 0 aliphatic carbocycles. The minimum atomic E-state index is -0.797. The van der Waals surface area contributed by atoms with Crippen LogP contribution in [0.15, 0.2) is 24.3 Å². The van der Waals surface area contributed by atoms with E-state index in [9.17, 15) is 10.1 Å². The maximum absolute atomic E-state index is 10.4. The van der Waals surface area contributed by atoms with E-state index in [4.69, 9.17) is 25.8 Å². The van der Waals surface area contributed by atoms with Crippen LogP contribution in [0.1, 0.15) is 6.42 Å². The number of hydrogen-bond acceptors (Lipinski definition) is 7. The molecule has 2 aliphatic heterocycles. The van der Waals surface area contributed by atoms with Gasteiger partial charge in [-0.1, -0.05) is 11.6 Å². The standard InChI is InChI=1S/C15H19ClN2O6.ClH/c16-10-2-4-11(5-3-10)21-7-1-6-17-12-8-22-15-13(24-18(19)20)9-23-14(12)15;/h2-5,12-15,17H,1,6-9H2;1H/t12-,13-,14+,15+;/m0./s1. The zero-order chi connectivity index (χ0) is 16.9. The molecule has 0 bridgehead atoms. The molecule has 1 aromatic carbocycles. The molecule has 2 saturated heterocycles. The lowest BCUT2D eigenvalue weighted by molar-refractivity contribution is -0.769. The van der Waals surface area contributed by atoms with Crippen molar-refractivity contribution in [2.45, 2.75) is 30.8 Å². The van der Waals surface area contributed by atoms with Gasteiger partial charge in [0, 0.05) is 5.02 Å². The molecule has 0 aromatic heterocycles. The van der Waals surface area contributed by atoms with Crippen molar-refractivity contribution < 1.29 is 24.1 Å². The largest absolute Gasteiger partial charge is 0.494 e. The number of halogens is 2. The molecule has 10 heteroatoms. The number of fused-ring (bicyclic) bond motifs is 1. The van der Waals surface area contributed by atoms with Gasteiger partial charge in [0.2, 0.25) is 0 Å². The summed E-state index contributed by atoms with van der Waals surface area (Å²) in [7, 11) is 0. The molecule has 8 nitrogen and oxygen atoms in total. The highest BCUT2D eigenvalue weighted by molar-refractivity contribution is 6.30. The quantitative estimate of drug-likeness (QED) is 0.408. The van der Waals surface area contributed by atoms with Gasteiger partial charge in [-0.25, -0.2) is 0 Å². The van der Waals surface area contributed by atoms with Crippen LogP contribution in [0.2, 0.25) is 5.02 Å². The number of nitrogens with one attached hydrogen (secondary N) is 1. The maximum atomic E-state index is 10.4. The average Bonchev–Trinajstić information content (AvgIpc) is 3.12. The van der Waals surface area contributed by atoms with E-state index < -0.39 is 17.3 Å². The Kier molecular flexibility index (Phi) is 7.52. The Balaban J connectivity index is 0.00000225. The topological polar surface area (TPSA) is 92.1 Å². The number of nitrogens with zero attached hydrogens (tertiary/aromatic N) is 1. The first-order valence-corrected chi connectivity index (χ1v) is 8.17. The van der Waals surface area contributed by atoms with E-state index in [1.807, 2.05) is 12.1 Å². The highest BCUT2D eigenvalue weighted by atomic mass is 35.5. The first-order chi connectivity index (χ1) is 11.6. The van der Waals surface area contributed by atoms with E-state index in [-0.39, 0.29) is 31.2 Å². The van der Waals surface area contributed by atoms with E-state index >= 15 is 0 Å². The Morgan fingerprint density at radius 2 is 1.96 bits per heavy atom. The van der Waals surface area contributed by atoms with Crippen LogP contribution in [0, 0.1) is 10.1 Å². The van der Waals surface area contributed by atoms with Crippen LogP contribution < -0.4 is 10.1 Å². The fraction of sp³-hybridized carbons (Fsp3) is 0.600. The molecule has 0 unspecified atom stereocenters. The predicted molar refractivity (Wildman–Crippen MR) is 92.0 cm³/mol. The van der Waals surface area contributed by atoms with Gasteiger partial charge in [0.25, 0.3) is 5.09 Å². The first-order valence-electron chi connectivity index (χ1n) is 7.79. The number of ether oxygens (including phenoxy) is 3. The fourth-order valence-electron chi connectivity index (χ4n) is 2.92. The Bertz CT molecular complexity index is 561. The minimum absolute atomic E-state index is 0. The Morgan fingerprint density at radius 3 is 2.68 bits per heavy atom. The van der Waals surface area contributed by atoms with E-state index in [0.717, 1.165) is 18.7 Å². The third-order valence-electron chi connectivity index (χ3n) is 4.04. The SMILES string of the molecule is Cl.O=[N+]([O-])O[C@H]1CO[C@H]2[C@@H]1OC[C@@H]2NCCCOc1ccc(Cl)cc1. The van der Waals surface area contributed by atoms with Crippen molar-refractivity contribution >= 4 is 24.0 Å². The molecule has 1 N–H and O–H groups in total. The van der Waals surface area contributed by atoms with Crippen molar-refractivity contribution in [2.24, 2.45) is 0 Å². The lowest BCUT2D eigenvalue weighted by Crippen LogP contribution is -2.42. The molecule has 2 aliphatic rings. The van der Waals surface area contributed by atoms with Gasteiger partial charge in [-0.2, -0.15) is 0 Å². The van der Waals surface area contributed by atoms with Gasteiger partial charge in [0.05, 0.1) is 25.9 Å². The van der Waals surface area contributed by atoms with Crippen LogP contribution in [-0.2, 0) is 14.3 Å². The molecule has 2 fully saturated rings. The highest BCUT2D eigenvalue weighted by Crippen LogP contribution is 2.28. The van der Waals surface area contributed by atoms with Gasteiger partial charge in [0.15, 0.2) is 6.10 Å². The molecule has 1 aromatic rings. The summed E-state index contributed by atoms with van der Waals surface area (Å²) in [6.07, 6.45) is -0.443. The van der Waals surface area contributed by atoms with Gasteiger partial charge < -0.3 is 24.4 Å².